The molecule has 0 radical (unpaired) electrons. The van der Waals surface area contributed by atoms with Crippen LogP contribution in [0.2, 0.25) is 0 Å². The zero-order valence-electron chi connectivity index (χ0n) is 11.0. The number of rotatable bonds is 3. The van der Waals surface area contributed by atoms with E-state index in [-0.39, 0.29) is 0 Å². The minimum absolute atomic E-state index is 0.304. The number of hydrogen-bond acceptors (Lipinski definition) is 1. The molecule has 2 heteroatoms. The van der Waals surface area contributed by atoms with Crippen LogP contribution in [-0.4, -0.2) is 0 Å². The lowest BCUT2D eigenvalue weighted by molar-refractivity contribution is 0.881. The second kappa shape index (κ2) is 5.57. The van der Waals surface area contributed by atoms with Gasteiger partial charge in [-0.05, 0) is 55.7 Å². The van der Waals surface area contributed by atoms with Gasteiger partial charge in [0, 0.05) is 16.2 Å². The van der Waals surface area contributed by atoms with E-state index in [9.17, 15) is 0 Å². The second-order valence-corrected chi connectivity index (χ2v) is 5.64. The fourth-order valence-electron chi connectivity index (χ4n) is 1.95. The van der Waals surface area contributed by atoms with Gasteiger partial charge in [-0.3, -0.25) is 0 Å². The van der Waals surface area contributed by atoms with Crippen LogP contribution in [0.15, 0.2) is 46.9 Å². The smallest absolute Gasteiger partial charge is 0.0485 e. The van der Waals surface area contributed by atoms with E-state index in [1.807, 2.05) is 12.1 Å². The Morgan fingerprint density at radius 2 is 1.78 bits per heavy atom. The number of nitrogens with one attached hydrogen (secondary N) is 1. The lowest BCUT2D eigenvalue weighted by atomic mass is 10.0. The highest BCUT2D eigenvalue weighted by Crippen LogP contribution is 2.23. The van der Waals surface area contributed by atoms with Crippen LogP contribution in [0.1, 0.15) is 29.7 Å². The fraction of sp³-hybridized carbons (Fsp3) is 0.250. The lowest BCUT2D eigenvalue weighted by Gasteiger charge is -2.17. The molecule has 1 unspecified atom stereocenters. The quantitative estimate of drug-likeness (QED) is 0.817. The third kappa shape index (κ3) is 3.14. The molecular formula is C16H18BrN. The molecule has 18 heavy (non-hydrogen) atoms. The van der Waals surface area contributed by atoms with E-state index in [0.717, 1.165) is 10.2 Å². The van der Waals surface area contributed by atoms with Crippen molar-refractivity contribution in [2.45, 2.75) is 26.8 Å². The highest BCUT2D eigenvalue weighted by atomic mass is 79.9. The number of hydrogen-bond donors (Lipinski definition) is 1. The second-order valence-electron chi connectivity index (χ2n) is 4.72. The van der Waals surface area contributed by atoms with E-state index in [4.69, 9.17) is 0 Å². The van der Waals surface area contributed by atoms with E-state index in [1.165, 1.54) is 16.7 Å². The zero-order valence-corrected chi connectivity index (χ0v) is 12.6. The summed E-state index contributed by atoms with van der Waals surface area (Å²) in [4.78, 5) is 0. The first-order valence-corrected chi connectivity index (χ1v) is 6.95. The first-order chi connectivity index (χ1) is 8.56. The highest BCUT2D eigenvalue weighted by molar-refractivity contribution is 9.10. The zero-order chi connectivity index (χ0) is 13.1. The fourth-order valence-corrected chi connectivity index (χ4v) is 2.34. The van der Waals surface area contributed by atoms with Crippen LogP contribution in [0.25, 0.3) is 0 Å². The normalized spacial score (nSPS) is 12.2. The number of anilines is 1. The molecule has 0 aliphatic carbocycles. The van der Waals surface area contributed by atoms with Crippen LogP contribution in [0.5, 0.6) is 0 Å². The summed E-state index contributed by atoms with van der Waals surface area (Å²) in [6.07, 6.45) is 0. The molecule has 1 N–H and O–H groups in total. The molecule has 0 aliphatic heterocycles. The Bertz CT molecular complexity index is 549. The van der Waals surface area contributed by atoms with Crippen LogP contribution in [-0.2, 0) is 0 Å². The van der Waals surface area contributed by atoms with Crippen molar-refractivity contribution in [3.05, 3.63) is 63.6 Å². The van der Waals surface area contributed by atoms with E-state index in [2.05, 4.69) is 72.3 Å². The van der Waals surface area contributed by atoms with Gasteiger partial charge in [0.05, 0.1) is 0 Å². The molecule has 0 heterocycles. The van der Waals surface area contributed by atoms with Gasteiger partial charge in [-0.1, -0.05) is 40.2 Å². The SMILES string of the molecule is Cc1ccc(C(C)Nc2cccc(Br)c2)cc1C. The number of halogens is 1. The summed E-state index contributed by atoms with van der Waals surface area (Å²) < 4.78 is 1.10. The molecule has 0 aromatic heterocycles. The lowest BCUT2D eigenvalue weighted by Crippen LogP contribution is -2.06. The summed E-state index contributed by atoms with van der Waals surface area (Å²) in [7, 11) is 0. The maximum absolute atomic E-state index is 3.52. The maximum Gasteiger partial charge on any atom is 0.0485 e. The standard InChI is InChI=1S/C16H18BrN/c1-11-7-8-14(9-12(11)2)13(3)18-16-6-4-5-15(17)10-16/h4-10,13,18H,1-3H3. The number of benzene rings is 2. The van der Waals surface area contributed by atoms with Gasteiger partial charge in [-0.2, -0.15) is 0 Å². The van der Waals surface area contributed by atoms with E-state index in [0.29, 0.717) is 6.04 Å². The molecule has 0 saturated carbocycles. The Morgan fingerprint density at radius 1 is 1.00 bits per heavy atom. The van der Waals surface area contributed by atoms with Gasteiger partial charge < -0.3 is 5.32 Å². The average Bonchev–Trinajstić information content (AvgIpc) is 2.32. The molecule has 2 aromatic rings. The summed E-state index contributed by atoms with van der Waals surface area (Å²) in [5.74, 6) is 0. The van der Waals surface area contributed by atoms with Gasteiger partial charge in [-0.15, -0.1) is 0 Å². The summed E-state index contributed by atoms with van der Waals surface area (Å²) >= 11 is 3.49. The summed E-state index contributed by atoms with van der Waals surface area (Å²) in [6.45, 7) is 6.49. The summed E-state index contributed by atoms with van der Waals surface area (Å²) in [5, 5.41) is 3.52. The Hall–Kier alpha value is -1.28. The third-order valence-electron chi connectivity index (χ3n) is 3.24. The molecule has 1 nitrogen and oxygen atoms in total. The van der Waals surface area contributed by atoms with Crippen molar-refractivity contribution in [2.75, 3.05) is 5.32 Å². The topological polar surface area (TPSA) is 12.0 Å². The van der Waals surface area contributed by atoms with Crippen LogP contribution in [0.3, 0.4) is 0 Å². The molecule has 0 fully saturated rings. The van der Waals surface area contributed by atoms with Crippen LogP contribution in [0, 0.1) is 13.8 Å². The molecule has 2 rings (SSSR count). The van der Waals surface area contributed by atoms with Gasteiger partial charge in [-0.25, -0.2) is 0 Å². The van der Waals surface area contributed by atoms with E-state index < -0.39 is 0 Å². The molecule has 1 atom stereocenters. The largest absolute Gasteiger partial charge is 0.378 e. The maximum atomic E-state index is 3.52. The van der Waals surface area contributed by atoms with Crippen LogP contribution in [0.4, 0.5) is 5.69 Å². The van der Waals surface area contributed by atoms with Gasteiger partial charge in [0.15, 0.2) is 0 Å². The first kappa shape index (κ1) is 13.2. The third-order valence-corrected chi connectivity index (χ3v) is 3.73. The summed E-state index contributed by atoms with van der Waals surface area (Å²) in [6, 6.07) is 15.2. The molecule has 2 aromatic carbocycles. The molecule has 0 bridgehead atoms. The Morgan fingerprint density at radius 3 is 2.44 bits per heavy atom. The predicted molar refractivity (Wildman–Crippen MR) is 82.1 cm³/mol. The van der Waals surface area contributed by atoms with Crippen LogP contribution < -0.4 is 5.32 Å². The van der Waals surface area contributed by atoms with Crippen molar-refractivity contribution in [1.82, 2.24) is 0 Å². The van der Waals surface area contributed by atoms with Gasteiger partial charge >= 0.3 is 0 Å². The van der Waals surface area contributed by atoms with Crippen molar-refractivity contribution in [3.63, 3.8) is 0 Å². The Labute approximate surface area is 117 Å². The average molecular weight is 304 g/mol. The molecule has 0 amide bonds. The first-order valence-electron chi connectivity index (χ1n) is 6.15. The Kier molecular flexibility index (Phi) is 4.07. The molecule has 0 aliphatic rings. The van der Waals surface area contributed by atoms with Crippen LogP contribution >= 0.6 is 15.9 Å². The van der Waals surface area contributed by atoms with Crippen molar-refractivity contribution in [1.29, 1.82) is 0 Å². The summed E-state index contributed by atoms with van der Waals surface area (Å²) in [5.41, 5.74) is 5.14. The van der Waals surface area contributed by atoms with Crippen molar-refractivity contribution in [2.24, 2.45) is 0 Å². The van der Waals surface area contributed by atoms with E-state index in [1.54, 1.807) is 0 Å². The molecular weight excluding hydrogens is 286 g/mol. The molecule has 0 spiro atoms. The highest BCUT2D eigenvalue weighted by Gasteiger charge is 2.06. The van der Waals surface area contributed by atoms with Crippen molar-refractivity contribution in [3.8, 4) is 0 Å². The minimum atomic E-state index is 0.304. The predicted octanol–water partition coefficient (Wildman–Crippen LogP) is 5.24. The number of aryl methyl sites for hydroxylation is 2. The van der Waals surface area contributed by atoms with Gasteiger partial charge in [0.25, 0.3) is 0 Å². The van der Waals surface area contributed by atoms with E-state index >= 15 is 0 Å². The molecule has 0 saturated heterocycles. The van der Waals surface area contributed by atoms with Gasteiger partial charge in [0.1, 0.15) is 0 Å². The molecule has 94 valence electrons. The van der Waals surface area contributed by atoms with Crippen molar-refractivity contribution >= 4 is 21.6 Å². The minimum Gasteiger partial charge on any atom is -0.378 e. The Balaban J connectivity index is 2.16. The van der Waals surface area contributed by atoms with Crippen molar-refractivity contribution < 1.29 is 0 Å². The van der Waals surface area contributed by atoms with Gasteiger partial charge in [0.2, 0.25) is 0 Å². The monoisotopic (exact) mass is 303 g/mol.